The van der Waals surface area contributed by atoms with Gasteiger partial charge in [0, 0.05) is 12.8 Å². The maximum absolute atomic E-state index is 11.8. The first-order valence-electron chi connectivity index (χ1n) is 5.32. The molecular formula is C11H15N3O. The van der Waals surface area contributed by atoms with Crippen molar-refractivity contribution < 1.29 is 4.79 Å². The number of aryl methyl sites for hydroxylation is 2. The van der Waals surface area contributed by atoms with E-state index in [1.54, 1.807) is 0 Å². The first kappa shape index (κ1) is 10.2. The van der Waals surface area contributed by atoms with Crippen molar-refractivity contribution >= 4 is 5.78 Å². The number of aromatic nitrogens is 2. The Kier molecular flexibility index (Phi) is 2.77. The van der Waals surface area contributed by atoms with Gasteiger partial charge in [-0.05, 0) is 26.3 Å². The summed E-state index contributed by atoms with van der Waals surface area (Å²) >= 11 is 0. The molecule has 0 atom stereocenters. The van der Waals surface area contributed by atoms with E-state index >= 15 is 0 Å². The van der Waals surface area contributed by atoms with Crippen LogP contribution in [0.15, 0.2) is 0 Å². The average molecular weight is 205 g/mol. The molecule has 1 aliphatic rings. The van der Waals surface area contributed by atoms with Crippen molar-refractivity contribution in [2.45, 2.75) is 32.6 Å². The molecular weight excluding hydrogens is 190 g/mol. The van der Waals surface area contributed by atoms with Crippen LogP contribution in [0.5, 0.6) is 0 Å². The molecule has 1 aromatic rings. The van der Waals surface area contributed by atoms with Gasteiger partial charge in [-0.15, -0.1) is 0 Å². The van der Waals surface area contributed by atoms with Gasteiger partial charge in [-0.3, -0.25) is 4.79 Å². The average Bonchev–Trinajstić information content (AvgIpc) is 2.17. The summed E-state index contributed by atoms with van der Waals surface area (Å²) in [5.41, 5.74) is 8.02. The molecule has 0 aromatic carbocycles. The number of hydrogen-bond acceptors (Lipinski definition) is 4. The highest BCUT2D eigenvalue weighted by Crippen LogP contribution is 2.22. The Morgan fingerprint density at radius 1 is 1.33 bits per heavy atom. The molecule has 0 saturated carbocycles. The minimum Gasteiger partial charge on any atom is -0.330 e. The molecule has 0 saturated heterocycles. The lowest BCUT2D eigenvalue weighted by molar-refractivity contribution is 0.0970. The Hall–Kier alpha value is -1.29. The number of ketones is 1. The van der Waals surface area contributed by atoms with Gasteiger partial charge >= 0.3 is 0 Å². The molecule has 0 spiro atoms. The summed E-state index contributed by atoms with van der Waals surface area (Å²) in [6, 6.07) is 0. The fourth-order valence-corrected chi connectivity index (χ4v) is 2.06. The molecule has 0 amide bonds. The quantitative estimate of drug-likeness (QED) is 0.775. The number of fused-ring (bicyclic) bond motifs is 1. The highest BCUT2D eigenvalue weighted by molar-refractivity contribution is 5.99. The van der Waals surface area contributed by atoms with Crippen LogP contribution in [0, 0.1) is 6.92 Å². The maximum Gasteiger partial charge on any atom is 0.166 e. The largest absolute Gasteiger partial charge is 0.330 e. The summed E-state index contributed by atoms with van der Waals surface area (Å²) in [6.45, 7) is 2.38. The molecule has 0 aliphatic heterocycles. The van der Waals surface area contributed by atoms with Crippen LogP contribution in [0.4, 0.5) is 0 Å². The van der Waals surface area contributed by atoms with Crippen LogP contribution in [-0.2, 0) is 12.8 Å². The maximum atomic E-state index is 11.8. The fraction of sp³-hybridized carbons (Fsp3) is 0.545. The topological polar surface area (TPSA) is 68.9 Å². The van der Waals surface area contributed by atoms with Crippen molar-refractivity contribution in [3.63, 3.8) is 0 Å². The van der Waals surface area contributed by atoms with Crippen LogP contribution in [-0.4, -0.2) is 22.3 Å². The van der Waals surface area contributed by atoms with Crippen LogP contribution in [0.1, 0.15) is 40.4 Å². The first-order chi connectivity index (χ1) is 7.22. The third-order valence-corrected chi connectivity index (χ3v) is 2.65. The van der Waals surface area contributed by atoms with E-state index in [0.29, 0.717) is 19.4 Å². The Morgan fingerprint density at radius 3 is 2.87 bits per heavy atom. The zero-order chi connectivity index (χ0) is 10.8. The fourth-order valence-electron chi connectivity index (χ4n) is 2.06. The summed E-state index contributed by atoms with van der Waals surface area (Å²) < 4.78 is 0. The molecule has 15 heavy (non-hydrogen) atoms. The molecule has 0 bridgehead atoms. The highest BCUT2D eigenvalue weighted by atomic mass is 16.1. The van der Waals surface area contributed by atoms with E-state index in [1.165, 1.54) is 0 Å². The number of nitrogens with two attached hydrogens (primary N) is 1. The predicted octanol–water partition coefficient (Wildman–Crippen LogP) is 0.805. The SMILES string of the molecule is Cc1nc(CCN)c2c(n1)CCCC2=O. The van der Waals surface area contributed by atoms with Crippen molar-refractivity contribution in [2.24, 2.45) is 5.73 Å². The smallest absolute Gasteiger partial charge is 0.166 e. The van der Waals surface area contributed by atoms with Gasteiger partial charge < -0.3 is 5.73 Å². The Labute approximate surface area is 88.9 Å². The van der Waals surface area contributed by atoms with Crippen LogP contribution >= 0.6 is 0 Å². The van der Waals surface area contributed by atoms with Crippen LogP contribution in [0.3, 0.4) is 0 Å². The minimum absolute atomic E-state index is 0.180. The van der Waals surface area contributed by atoms with Gasteiger partial charge in [-0.2, -0.15) is 0 Å². The number of hydrogen-bond donors (Lipinski definition) is 1. The molecule has 1 aliphatic carbocycles. The molecule has 0 unspecified atom stereocenters. The monoisotopic (exact) mass is 205 g/mol. The van der Waals surface area contributed by atoms with E-state index in [9.17, 15) is 4.79 Å². The Balaban J connectivity index is 2.53. The highest BCUT2D eigenvalue weighted by Gasteiger charge is 2.22. The van der Waals surface area contributed by atoms with Gasteiger partial charge in [0.15, 0.2) is 5.78 Å². The van der Waals surface area contributed by atoms with E-state index < -0.39 is 0 Å². The minimum atomic E-state index is 0.180. The first-order valence-corrected chi connectivity index (χ1v) is 5.32. The summed E-state index contributed by atoms with van der Waals surface area (Å²) in [7, 11) is 0. The molecule has 0 fully saturated rings. The third-order valence-electron chi connectivity index (χ3n) is 2.65. The lowest BCUT2D eigenvalue weighted by Gasteiger charge is -2.17. The Morgan fingerprint density at radius 2 is 2.13 bits per heavy atom. The molecule has 4 nitrogen and oxygen atoms in total. The number of rotatable bonds is 2. The molecule has 0 radical (unpaired) electrons. The van der Waals surface area contributed by atoms with Crippen molar-refractivity contribution in [1.29, 1.82) is 0 Å². The second-order valence-corrected chi connectivity index (χ2v) is 3.85. The summed E-state index contributed by atoms with van der Waals surface area (Å²) in [4.78, 5) is 20.4. The zero-order valence-electron chi connectivity index (χ0n) is 8.92. The van der Waals surface area contributed by atoms with Crippen LogP contribution in [0.2, 0.25) is 0 Å². The van der Waals surface area contributed by atoms with Crippen LogP contribution < -0.4 is 5.73 Å². The van der Waals surface area contributed by atoms with Crippen molar-refractivity contribution in [3.8, 4) is 0 Å². The summed E-state index contributed by atoms with van der Waals surface area (Å²) in [5, 5.41) is 0. The van der Waals surface area contributed by atoms with E-state index in [4.69, 9.17) is 5.73 Å². The second-order valence-electron chi connectivity index (χ2n) is 3.85. The van der Waals surface area contributed by atoms with E-state index in [2.05, 4.69) is 9.97 Å². The summed E-state index contributed by atoms with van der Waals surface area (Å²) in [5.74, 6) is 0.923. The van der Waals surface area contributed by atoms with E-state index in [0.717, 1.165) is 35.6 Å². The third kappa shape index (κ3) is 1.90. The van der Waals surface area contributed by atoms with Crippen molar-refractivity contribution in [1.82, 2.24) is 9.97 Å². The molecule has 4 heteroatoms. The number of carbonyl (C=O) groups is 1. The van der Waals surface area contributed by atoms with Crippen molar-refractivity contribution in [3.05, 3.63) is 22.8 Å². The number of carbonyl (C=O) groups excluding carboxylic acids is 1. The molecule has 2 rings (SSSR count). The normalized spacial score (nSPS) is 15.2. The zero-order valence-corrected chi connectivity index (χ0v) is 8.92. The van der Waals surface area contributed by atoms with Gasteiger partial charge in [0.05, 0.1) is 17.0 Å². The van der Waals surface area contributed by atoms with E-state index in [1.807, 2.05) is 6.92 Å². The van der Waals surface area contributed by atoms with Gasteiger partial charge in [0.25, 0.3) is 0 Å². The van der Waals surface area contributed by atoms with E-state index in [-0.39, 0.29) is 5.78 Å². The van der Waals surface area contributed by atoms with Gasteiger partial charge in [0.2, 0.25) is 0 Å². The lowest BCUT2D eigenvalue weighted by Crippen LogP contribution is -2.19. The molecule has 1 aromatic heterocycles. The van der Waals surface area contributed by atoms with Gasteiger partial charge in [-0.1, -0.05) is 0 Å². The molecule has 80 valence electrons. The predicted molar refractivity (Wildman–Crippen MR) is 56.8 cm³/mol. The van der Waals surface area contributed by atoms with Gasteiger partial charge in [0.1, 0.15) is 5.82 Å². The Bertz CT molecular complexity index is 401. The standard InChI is InChI=1S/C11H15N3O/c1-7-13-8-3-2-4-10(15)11(8)9(14-7)5-6-12/h2-6,12H2,1H3. The number of Topliss-reactive ketones (excluding diaryl/α,β-unsaturated/α-hetero) is 1. The molecule has 2 N–H and O–H groups in total. The lowest BCUT2D eigenvalue weighted by atomic mass is 9.92. The summed E-state index contributed by atoms with van der Waals surface area (Å²) in [6.07, 6.45) is 3.08. The molecule has 1 heterocycles. The number of nitrogens with zero attached hydrogens (tertiary/aromatic N) is 2. The van der Waals surface area contributed by atoms with Gasteiger partial charge in [-0.25, -0.2) is 9.97 Å². The van der Waals surface area contributed by atoms with Crippen LogP contribution in [0.25, 0.3) is 0 Å². The second kappa shape index (κ2) is 4.06. The van der Waals surface area contributed by atoms with Crippen molar-refractivity contribution in [2.75, 3.05) is 6.54 Å².